The van der Waals surface area contributed by atoms with Crippen molar-refractivity contribution in [1.82, 2.24) is 9.78 Å². The van der Waals surface area contributed by atoms with Crippen LogP contribution in [0.15, 0.2) is 59.8 Å². The molecule has 0 saturated carbocycles. The highest BCUT2D eigenvalue weighted by molar-refractivity contribution is 6.30. The van der Waals surface area contributed by atoms with Crippen LogP contribution in [0.2, 0.25) is 5.02 Å². The third kappa shape index (κ3) is 3.73. The molecule has 8 nitrogen and oxygen atoms in total. The molecule has 0 aliphatic carbocycles. The Labute approximate surface area is 189 Å². The van der Waals surface area contributed by atoms with Gasteiger partial charge in [-0.3, -0.25) is 14.8 Å². The van der Waals surface area contributed by atoms with Crippen LogP contribution in [0.5, 0.6) is 0 Å². The van der Waals surface area contributed by atoms with Crippen LogP contribution in [0.3, 0.4) is 0 Å². The SMILES string of the molecule is CCOC(=O)C1=C(C)Nc2c(c(-c3cccc(Cl)c3)nn2C)C1c1cccc([N+](=O)[O-])c1. The minimum Gasteiger partial charge on any atom is -0.463 e. The fraction of sp³-hybridized carbons (Fsp3) is 0.217. The number of nitro groups is 1. The van der Waals surface area contributed by atoms with E-state index in [2.05, 4.69) is 5.32 Å². The largest absolute Gasteiger partial charge is 0.463 e. The van der Waals surface area contributed by atoms with Crippen molar-refractivity contribution in [1.29, 1.82) is 0 Å². The molecule has 1 N–H and O–H groups in total. The van der Waals surface area contributed by atoms with Crippen molar-refractivity contribution in [2.45, 2.75) is 19.8 Å². The van der Waals surface area contributed by atoms with Crippen molar-refractivity contribution in [3.63, 3.8) is 0 Å². The Bertz CT molecular complexity index is 1260. The zero-order valence-electron chi connectivity index (χ0n) is 17.8. The molecule has 9 heteroatoms. The van der Waals surface area contributed by atoms with Gasteiger partial charge in [0.15, 0.2) is 0 Å². The number of anilines is 1. The summed E-state index contributed by atoms with van der Waals surface area (Å²) in [6.07, 6.45) is 0. The summed E-state index contributed by atoms with van der Waals surface area (Å²) in [6.45, 7) is 3.73. The first kappa shape index (κ1) is 21.6. The highest BCUT2D eigenvalue weighted by Crippen LogP contribution is 2.47. The smallest absolute Gasteiger partial charge is 0.336 e. The van der Waals surface area contributed by atoms with E-state index in [1.165, 1.54) is 12.1 Å². The number of fused-ring (bicyclic) bond motifs is 1. The van der Waals surface area contributed by atoms with Crippen molar-refractivity contribution in [3.8, 4) is 11.3 Å². The maximum atomic E-state index is 13.0. The maximum Gasteiger partial charge on any atom is 0.336 e. The summed E-state index contributed by atoms with van der Waals surface area (Å²) < 4.78 is 7.04. The van der Waals surface area contributed by atoms with Crippen LogP contribution in [0.4, 0.5) is 11.5 Å². The van der Waals surface area contributed by atoms with Crippen LogP contribution in [0.25, 0.3) is 11.3 Å². The van der Waals surface area contributed by atoms with Crippen molar-refractivity contribution >= 4 is 29.1 Å². The van der Waals surface area contributed by atoms with Gasteiger partial charge >= 0.3 is 5.97 Å². The Morgan fingerprint density at radius 2 is 2.03 bits per heavy atom. The molecule has 4 rings (SSSR count). The van der Waals surface area contributed by atoms with E-state index in [1.807, 2.05) is 12.1 Å². The molecule has 0 saturated heterocycles. The van der Waals surface area contributed by atoms with Gasteiger partial charge < -0.3 is 10.1 Å². The monoisotopic (exact) mass is 452 g/mol. The lowest BCUT2D eigenvalue weighted by Crippen LogP contribution is -2.25. The molecule has 2 aromatic carbocycles. The van der Waals surface area contributed by atoms with Gasteiger partial charge in [0.25, 0.3) is 5.69 Å². The average molecular weight is 453 g/mol. The Kier molecular flexibility index (Phi) is 5.71. The Morgan fingerprint density at radius 1 is 1.28 bits per heavy atom. The molecule has 1 unspecified atom stereocenters. The summed E-state index contributed by atoms with van der Waals surface area (Å²) >= 11 is 6.23. The van der Waals surface area contributed by atoms with Crippen molar-refractivity contribution in [2.75, 3.05) is 11.9 Å². The van der Waals surface area contributed by atoms with E-state index in [-0.39, 0.29) is 12.3 Å². The van der Waals surface area contributed by atoms with E-state index < -0.39 is 16.8 Å². The van der Waals surface area contributed by atoms with Gasteiger partial charge in [-0.05, 0) is 31.5 Å². The molecule has 2 heterocycles. The van der Waals surface area contributed by atoms with Crippen LogP contribution in [0, 0.1) is 10.1 Å². The number of allylic oxidation sites excluding steroid dienone is 1. The third-order valence-corrected chi connectivity index (χ3v) is 5.61. The average Bonchev–Trinajstić information content (AvgIpc) is 3.09. The minimum absolute atomic E-state index is 0.0587. The van der Waals surface area contributed by atoms with Crippen LogP contribution in [-0.2, 0) is 16.6 Å². The molecule has 32 heavy (non-hydrogen) atoms. The van der Waals surface area contributed by atoms with Crippen LogP contribution < -0.4 is 5.32 Å². The molecule has 1 atom stereocenters. The number of rotatable bonds is 5. The molecule has 1 aliphatic rings. The number of hydrogen-bond donors (Lipinski definition) is 1. The Balaban J connectivity index is 2.01. The molecule has 1 aromatic heterocycles. The number of esters is 1. The number of carbonyl (C=O) groups is 1. The summed E-state index contributed by atoms with van der Waals surface area (Å²) in [5.41, 5.74) is 3.66. The molecular weight excluding hydrogens is 432 g/mol. The summed E-state index contributed by atoms with van der Waals surface area (Å²) in [5.74, 6) is -0.407. The number of halogens is 1. The second kappa shape index (κ2) is 8.47. The molecule has 0 fully saturated rings. The van der Waals surface area contributed by atoms with Gasteiger partial charge in [-0.15, -0.1) is 0 Å². The van der Waals surface area contributed by atoms with E-state index in [0.717, 1.165) is 11.1 Å². The topological polar surface area (TPSA) is 99.3 Å². The fourth-order valence-electron chi connectivity index (χ4n) is 4.05. The molecule has 3 aromatic rings. The van der Waals surface area contributed by atoms with Gasteiger partial charge in [-0.25, -0.2) is 4.79 Å². The molecular formula is C23H21ClN4O4. The molecule has 164 valence electrons. The summed E-state index contributed by atoms with van der Waals surface area (Å²) in [6, 6.07) is 13.6. The molecule has 0 spiro atoms. The first-order valence-corrected chi connectivity index (χ1v) is 10.4. The second-order valence-electron chi connectivity index (χ2n) is 7.41. The number of benzene rings is 2. The number of nitrogens with zero attached hydrogens (tertiary/aromatic N) is 3. The zero-order valence-corrected chi connectivity index (χ0v) is 18.5. The van der Waals surface area contributed by atoms with E-state index in [4.69, 9.17) is 21.4 Å². The number of nitro benzene ring substituents is 1. The standard InChI is InChI=1S/C23H21ClN4O4/c1-4-32-23(29)18-13(2)25-22-20(19(18)14-7-6-10-17(12-14)28(30)31)21(26-27(22)3)15-8-5-9-16(24)11-15/h5-12,19,25H,4H2,1-3H3. The highest BCUT2D eigenvalue weighted by atomic mass is 35.5. The lowest BCUT2D eigenvalue weighted by molar-refractivity contribution is -0.384. The number of aryl methyl sites for hydroxylation is 1. The number of carbonyl (C=O) groups excluding carboxylic acids is 1. The zero-order chi connectivity index (χ0) is 23.0. The predicted octanol–water partition coefficient (Wildman–Crippen LogP) is 5.04. The van der Waals surface area contributed by atoms with Gasteiger partial charge in [0.05, 0.1) is 22.8 Å². The first-order valence-electron chi connectivity index (χ1n) is 10.0. The molecule has 0 radical (unpaired) electrons. The first-order chi connectivity index (χ1) is 15.3. The Hall–Kier alpha value is -3.65. The van der Waals surface area contributed by atoms with E-state index in [0.29, 0.717) is 33.4 Å². The number of nitrogens with one attached hydrogen (secondary N) is 1. The number of non-ortho nitro benzene ring substituents is 1. The summed E-state index contributed by atoms with van der Waals surface area (Å²) in [5, 5.41) is 20.0. The highest BCUT2D eigenvalue weighted by Gasteiger charge is 2.38. The third-order valence-electron chi connectivity index (χ3n) is 5.38. The van der Waals surface area contributed by atoms with Crippen molar-refractivity contribution in [2.24, 2.45) is 7.05 Å². The number of hydrogen-bond acceptors (Lipinski definition) is 6. The minimum atomic E-state index is -0.618. The van der Waals surface area contributed by atoms with Crippen molar-refractivity contribution < 1.29 is 14.5 Å². The fourth-order valence-corrected chi connectivity index (χ4v) is 4.24. The molecule has 0 bridgehead atoms. The van der Waals surface area contributed by atoms with E-state index in [1.54, 1.807) is 49.8 Å². The van der Waals surface area contributed by atoms with Gasteiger partial charge in [0, 0.05) is 46.9 Å². The van der Waals surface area contributed by atoms with Gasteiger partial charge in [0.2, 0.25) is 0 Å². The van der Waals surface area contributed by atoms with E-state index >= 15 is 0 Å². The van der Waals surface area contributed by atoms with Crippen LogP contribution in [-0.4, -0.2) is 27.3 Å². The quantitative estimate of drug-likeness (QED) is 0.330. The van der Waals surface area contributed by atoms with Gasteiger partial charge in [-0.2, -0.15) is 5.10 Å². The maximum absolute atomic E-state index is 13.0. The van der Waals surface area contributed by atoms with Crippen LogP contribution >= 0.6 is 11.6 Å². The molecule has 1 aliphatic heterocycles. The lowest BCUT2D eigenvalue weighted by atomic mass is 9.80. The summed E-state index contributed by atoms with van der Waals surface area (Å²) in [7, 11) is 1.80. The summed E-state index contributed by atoms with van der Waals surface area (Å²) in [4.78, 5) is 24.0. The Morgan fingerprint density at radius 3 is 2.72 bits per heavy atom. The normalized spacial score (nSPS) is 15.2. The number of ether oxygens (including phenoxy) is 1. The number of aromatic nitrogens is 2. The lowest BCUT2D eigenvalue weighted by Gasteiger charge is -2.28. The van der Waals surface area contributed by atoms with Crippen LogP contribution in [0.1, 0.15) is 30.9 Å². The van der Waals surface area contributed by atoms with E-state index in [9.17, 15) is 14.9 Å². The second-order valence-corrected chi connectivity index (χ2v) is 7.85. The van der Waals surface area contributed by atoms with Crippen molar-refractivity contribution in [3.05, 3.63) is 86.1 Å². The van der Waals surface area contributed by atoms with Gasteiger partial charge in [0.1, 0.15) is 5.82 Å². The van der Waals surface area contributed by atoms with Gasteiger partial charge in [-0.1, -0.05) is 35.9 Å². The molecule has 0 amide bonds. The predicted molar refractivity (Wildman–Crippen MR) is 122 cm³/mol.